The molecule has 2 heteroatoms. The second kappa shape index (κ2) is 8.95. The van der Waals surface area contributed by atoms with Crippen molar-refractivity contribution in [2.45, 2.75) is 93.3 Å². The fraction of sp³-hybridized carbons (Fsp3) is 1.00. The van der Waals surface area contributed by atoms with E-state index >= 15 is 0 Å². The molecule has 0 heterocycles. The number of hydrogen-bond acceptors (Lipinski definition) is 2. The molecule has 0 bridgehead atoms. The first-order valence-electron chi connectivity index (χ1n) is 11.4. The molecule has 2 N–H and O–H groups in total. The molecule has 2 fully saturated rings. The number of aliphatic hydroxyl groups is 2. The molecule has 26 heavy (non-hydrogen) atoms. The summed E-state index contributed by atoms with van der Waals surface area (Å²) in [5.74, 6) is 5.35. The van der Waals surface area contributed by atoms with Crippen LogP contribution < -0.4 is 0 Å². The van der Waals surface area contributed by atoms with Crippen molar-refractivity contribution >= 4 is 0 Å². The Hall–Kier alpha value is -0.0800. The minimum Gasteiger partial charge on any atom is -0.393 e. The quantitative estimate of drug-likeness (QED) is 0.663. The van der Waals surface area contributed by atoms with E-state index in [1.807, 2.05) is 0 Å². The molecule has 0 amide bonds. The molecule has 0 aromatic carbocycles. The van der Waals surface area contributed by atoms with Crippen molar-refractivity contribution in [2.24, 2.45) is 59.2 Å². The van der Waals surface area contributed by atoms with Gasteiger partial charge in [0.25, 0.3) is 0 Å². The van der Waals surface area contributed by atoms with Gasteiger partial charge in [0.15, 0.2) is 0 Å². The first-order valence-corrected chi connectivity index (χ1v) is 11.4. The van der Waals surface area contributed by atoms with Crippen LogP contribution in [0.25, 0.3) is 0 Å². The summed E-state index contributed by atoms with van der Waals surface area (Å²) in [6.45, 7) is 18.3. The second-order valence-corrected chi connectivity index (χ2v) is 11.1. The molecule has 0 aromatic rings. The highest BCUT2D eigenvalue weighted by molar-refractivity contribution is 4.96. The minimum atomic E-state index is -0.137. The molecule has 0 spiro atoms. The molecule has 0 aliphatic heterocycles. The zero-order chi connectivity index (χ0) is 19.8. The fourth-order valence-corrected chi connectivity index (χ4v) is 6.22. The lowest BCUT2D eigenvalue weighted by Gasteiger charge is -2.50. The van der Waals surface area contributed by atoms with Crippen LogP contribution in [0.1, 0.15) is 81.1 Å². The Kier molecular flexibility index (Phi) is 7.64. The normalized spacial score (nSPS) is 42.2. The van der Waals surface area contributed by atoms with E-state index in [-0.39, 0.29) is 12.2 Å². The Balaban J connectivity index is 2.23. The zero-order valence-electron chi connectivity index (χ0n) is 18.7. The highest BCUT2D eigenvalue weighted by Crippen LogP contribution is 2.50. The van der Waals surface area contributed by atoms with E-state index in [9.17, 15) is 10.2 Å². The molecule has 0 saturated heterocycles. The maximum Gasteiger partial charge on any atom is 0.0601 e. The van der Waals surface area contributed by atoms with Crippen molar-refractivity contribution in [1.82, 2.24) is 0 Å². The van der Waals surface area contributed by atoms with E-state index in [1.165, 1.54) is 25.7 Å². The summed E-state index contributed by atoms with van der Waals surface area (Å²) in [7, 11) is 0. The largest absolute Gasteiger partial charge is 0.393 e. The van der Waals surface area contributed by atoms with Crippen LogP contribution in [0.5, 0.6) is 0 Å². The van der Waals surface area contributed by atoms with E-state index in [1.54, 1.807) is 0 Å². The predicted molar refractivity (Wildman–Crippen MR) is 111 cm³/mol. The van der Waals surface area contributed by atoms with Gasteiger partial charge in [0.1, 0.15) is 0 Å². The minimum absolute atomic E-state index is 0.137. The highest BCUT2D eigenvalue weighted by Gasteiger charge is 2.46. The maximum atomic E-state index is 11.0. The Morgan fingerprint density at radius 2 is 0.654 bits per heavy atom. The van der Waals surface area contributed by atoms with Crippen molar-refractivity contribution in [3.8, 4) is 0 Å². The fourth-order valence-electron chi connectivity index (χ4n) is 6.22. The van der Waals surface area contributed by atoms with Gasteiger partial charge in [0.2, 0.25) is 0 Å². The summed E-state index contributed by atoms with van der Waals surface area (Å²) in [6, 6.07) is 0. The summed E-state index contributed by atoms with van der Waals surface area (Å²) in [5.41, 5.74) is 0. The van der Waals surface area contributed by atoms with Gasteiger partial charge < -0.3 is 10.2 Å². The highest BCUT2D eigenvalue weighted by atomic mass is 16.3. The summed E-state index contributed by atoms with van der Waals surface area (Å²) in [4.78, 5) is 0. The molecule has 4 unspecified atom stereocenters. The molecular weight excluding hydrogens is 320 g/mol. The van der Waals surface area contributed by atoms with Gasteiger partial charge in [0.05, 0.1) is 12.2 Å². The molecule has 2 saturated carbocycles. The van der Waals surface area contributed by atoms with Crippen molar-refractivity contribution in [3.63, 3.8) is 0 Å². The van der Waals surface area contributed by atoms with Gasteiger partial charge in [-0.1, -0.05) is 55.4 Å². The zero-order valence-corrected chi connectivity index (χ0v) is 18.7. The van der Waals surface area contributed by atoms with Gasteiger partial charge in [-0.3, -0.25) is 0 Å². The average Bonchev–Trinajstić information content (AvgIpc) is 2.54. The van der Waals surface area contributed by atoms with Crippen LogP contribution in [0.3, 0.4) is 0 Å². The van der Waals surface area contributed by atoms with Crippen LogP contribution in [0.15, 0.2) is 0 Å². The Bertz CT molecular complexity index is 352. The molecule has 2 aliphatic carbocycles. The summed E-state index contributed by atoms with van der Waals surface area (Å²) in [6.07, 6.45) is 4.44. The number of hydrogen-bond donors (Lipinski definition) is 2. The number of aliphatic hydroxyl groups excluding tert-OH is 2. The van der Waals surface area contributed by atoms with Crippen LogP contribution in [-0.4, -0.2) is 22.4 Å². The molecule has 2 aliphatic rings. The van der Waals surface area contributed by atoms with Crippen LogP contribution >= 0.6 is 0 Å². The molecule has 4 atom stereocenters. The van der Waals surface area contributed by atoms with Gasteiger partial charge in [-0.15, -0.1) is 0 Å². The van der Waals surface area contributed by atoms with Crippen LogP contribution in [-0.2, 0) is 0 Å². The van der Waals surface area contributed by atoms with Gasteiger partial charge in [-0.2, -0.15) is 0 Å². The van der Waals surface area contributed by atoms with Crippen molar-refractivity contribution in [1.29, 1.82) is 0 Å². The van der Waals surface area contributed by atoms with Crippen LogP contribution in [0, 0.1) is 59.2 Å². The molecule has 2 rings (SSSR count). The first kappa shape index (κ1) is 22.2. The topological polar surface area (TPSA) is 40.5 Å². The monoisotopic (exact) mass is 366 g/mol. The number of rotatable bonds is 5. The molecular formula is C24H46O2. The third-order valence-electron chi connectivity index (χ3n) is 8.15. The van der Waals surface area contributed by atoms with Gasteiger partial charge in [-0.05, 0) is 84.9 Å². The predicted octanol–water partition coefficient (Wildman–Crippen LogP) is 5.62. The lowest BCUT2D eigenvalue weighted by molar-refractivity contribution is -0.0857. The Morgan fingerprint density at radius 1 is 0.462 bits per heavy atom. The van der Waals surface area contributed by atoms with Crippen LogP contribution in [0.4, 0.5) is 0 Å². The SMILES string of the molecule is CC(C)C1CC(C2CC(C(C)C)C(O)C(C(C)C)C2)CC(C(C)C)C1O. The van der Waals surface area contributed by atoms with Gasteiger partial charge >= 0.3 is 0 Å². The summed E-state index contributed by atoms with van der Waals surface area (Å²) in [5, 5.41) is 21.9. The Labute approximate surface area is 163 Å². The first-order chi connectivity index (χ1) is 12.0. The average molecular weight is 367 g/mol. The van der Waals surface area contributed by atoms with Crippen molar-refractivity contribution < 1.29 is 10.2 Å². The van der Waals surface area contributed by atoms with Gasteiger partial charge in [0, 0.05) is 0 Å². The lowest BCUT2D eigenvalue weighted by Crippen LogP contribution is -2.47. The van der Waals surface area contributed by atoms with E-state index in [2.05, 4.69) is 55.4 Å². The molecule has 0 aromatic heterocycles. The van der Waals surface area contributed by atoms with E-state index in [0.717, 1.165) is 0 Å². The molecule has 0 radical (unpaired) electrons. The van der Waals surface area contributed by atoms with Gasteiger partial charge in [-0.25, -0.2) is 0 Å². The summed E-state index contributed by atoms with van der Waals surface area (Å²) < 4.78 is 0. The third kappa shape index (κ3) is 4.66. The second-order valence-electron chi connectivity index (χ2n) is 11.1. The molecule has 2 nitrogen and oxygen atoms in total. The molecule has 154 valence electrons. The summed E-state index contributed by atoms with van der Waals surface area (Å²) >= 11 is 0. The van der Waals surface area contributed by atoms with E-state index in [4.69, 9.17) is 0 Å². The standard InChI is InChI=1S/C24H46O2/c1-13(2)19-9-17(10-20(14(3)4)23(19)25)18-11-21(15(5)6)24(26)22(12-18)16(7)8/h13-26H,9-12H2,1-8H3. The third-order valence-corrected chi connectivity index (χ3v) is 8.15. The van der Waals surface area contributed by atoms with Crippen molar-refractivity contribution in [3.05, 3.63) is 0 Å². The lowest BCUT2D eigenvalue weighted by atomic mass is 9.57. The Morgan fingerprint density at radius 3 is 0.808 bits per heavy atom. The van der Waals surface area contributed by atoms with Crippen LogP contribution in [0.2, 0.25) is 0 Å². The van der Waals surface area contributed by atoms with E-state index in [0.29, 0.717) is 59.2 Å². The van der Waals surface area contributed by atoms with Crippen molar-refractivity contribution in [2.75, 3.05) is 0 Å². The maximum absolute atomic E-state index is 11.0. The van der Waals surface area contributed by atoms with E-state index < -0.39 is 0 Å². The smallest absolute Gasteiger partial charge is 0.0601 e.